The molecule has 2 aliphatic heterocycles. The standard InChI is InChI=1S/C17H20F3N3O/c1-15(2)6-11-13(12(24)7-15)16(10-8-21-23-14(10)22-11)4-3-9(5-16)17(18,19)20/h9,22H,3-8H2,1-2H3/t9-,16-/m1/s1. The Bertz CT molecular complexity index is 717. The summed E-state index contributed by atoms with van der Waals surface area (Å²) in [5.41, 5.74) is 1.10. The van der Waals surface area contributed by atoms with Crippen LogP contribution in [-0.4, -0.2) is 18.5 Å². The molecule has 1 saturated carbocycles. The van der Waals surface area contributed by atoms with Crippen LogP contribution < -0.4 is 5.32 Å². The Kier molecular flexibility index (Phi) is 3.10. The zero-order valence-corrected chi connectivity index (χ0v) is 13.8. The van der Waals surface area contributed by atoms with Gasteiger partial charge in [-0.05, 0) is 31.1 Å². The molecule has 4 aliphatic rings. The number of nitrogens with one attached hydrogen (secondary N) is 1. The average Bonchev–Trinajstić information content (AvgIpc) is 3.03. The number of dihydropyridines is 1. The lowest BCUT2D eigenvalue weighted by molar-refractivity contribution is -0.173. The second-order valence-electron chi connectivity index (χ2n) is 8.21. The van der Waals surface area contributed by atoms with E-state index in [1.165, 1.54) is 0 Å². The SMILES string of the molecule is CC1(C)CC(=O)C2=C(C1)NC1=C(CN=N1)[C@]21CC[C@@H](C(F)(F)F)C1. The van der Waals surface area contributed by atoms with Gasteiger partial charge in [0.15, 0.2) is 11.6 Å². The molecule has 1 N–H and O–H groups in total. The van der Waals surface area contributed by atoms with Crippen LogP contribution >= 0.6 is 0 Å². The van der Waals surface area contributed by atoms with E-state index in [9.17, 15) is 18.0 Å². The van der Waals surface area contributed by atoms with Gasteiger partial charge < -0.3 is 5.32 Å². The Hall–Kier alpha value is -1.66. The molecule has 130 valence electrons. The van der Waals surface area contributed by atoms with Crippen molar-refractivity contribution in [3.63, 3.8) is 0 Å². The summed E-state index contributed by atoms with van der Waals surface area (Å²) in [6, 6.07) is 0. The second-order valence-corrected chi connectivity index (χ2v) is 8.21. The first-order chi connectivity index (χ1) is 11.1. The van der Waals surface area contributed by atoms with Crippen molar-refractivity contribution in [2.45, 2.75) is 52.1 Å². The highest BCUT2D eigenvalue weighted by Gasteiger charge is 2.58. The Balaban J connectivity index is 1.82. The first-order valence-corrected chi connectivity index (χ1v) is 8.34. The maximum atomic E-state index is 13.3. The summed E-state index contributed by atoms with van der Waals surface area (Å²) in [6.07, 6.45) is -2.82. The maximum Gasteiger partial charge on any atom is 0.391 e. The van der Waals surface area contributed by atoms with Crippen LogP contribution in [0.15, 0.2) is 32.9 Å². The average molecular weight is 339 g/mol. The monoisotopic (exact) mass is 339 g/mol. The highest BCUT2D eigenvalue weighted by molar-refractivity contribution is 6.00. The normalized spacial score (nSPS) is 34.7. The van der Waals surface area contributed by atoms with E-state index >= 15 is 0 Å². The lowest BCUT2D eigenvalue weighted by atomic mass is 9.62. The van der Waals surface area contributed by atoms with Gasteiger partial charge in [0, 0.05) is 28.7 Å². The molecular formula is C17H20F3N3O. The van der Waals surface area contributed by atoms with Gasteiger partial charge in [0.2, 0.25) is 0 Å². The molecule has 0 aromatic rings. The summed E-state index contributed by atoms with van der Waals surface area (Å²) in [5, 5.41) is 11.3. The molecule has 0 aromatic heterocycles. The maximum absolute atomic E-state index is 13.3. The van der Waals surface area contributed by atoms with Gasteiger partial charge in [-0.25, -0.2) is 0 Å². The van der Waals surface area contributed by atoms with Crippen molar-refractivity contribution in [3.05, 3.63) is 22.7 Å². The molecule has 1 fully saturated rings. The van der Waals surface area contributed by atoms with Crippen LogP contribution in [0, 0.1) is 16.7 Å². The number of carbonyl (C=O) groups is 1. The Morgan fingerprint density at radius 1 is 1.25 bits per heavy atom. The number of allylic oxidation sites excluding steroid dienone is 2. The van der Waals surface area contributed by atoms with Gasteiger partial charge in [0.1, 0.15) is 0 Å². The van der Waals surface area contributed by atoms with E-state index in [1.807, 2.05) is 13.8 Å². The molecule has 2 atom stereocenters. The summed E-state index contributed by atoms with van der Waals surface area (Å²) >= 11 is 0. The Morgan fingerprint density at radius 2 is 2.00 bits per heavy atom. The molecule has 0 unspecified atom stereocenters. The van der Waals surface area contributed by atoms with Crippen molar-refractivity contribution >= 4 is 5.78 Å². The van der Waals surface area contributed by atoms with Crippen molar-refractivity contribution in [2.75, 3.05) is 6.54 Å². The number of nitrogens with zero attached hydrogens (tertiary/aromatic N) is 2. The summed E-state index contributed by atoms with van der Waals surface area (Å²) in [5.74, 6) is -0.807. The molecule has 7 heteroatoms. The number of carbonyl (C=O) groups excluding carboxylic acids is 1. The molecular weight excluding hydrogens is 319 g/mol. The number of azo groups is 1. The van der Waals surface area contributed by atoms with Crippen LogP contribution in [0.3, 0.4) is 0 Å². The summed E-state index contributed by atoms with van der Waals surface area (Å²) in [6.45, 7) is 4.31. The number of hydrogen-bond donors (Lipinski definition) is 1. The molecule has 24 heavy (non-hydrogen) atoms. The number of alkyl halides is 3. The van der Waals surface area contributed by atoms with Gasteiger partial charge in [-0.1, -0.05) is 13.8 Å². The Labute approximate surface area is 138 Å². The molecule has 0 radical (unpaired) electrons. The van der Waals surface area contributed by atoms with Gasteiger partial charge in [0.05, 0.1) is 12.5 Å². The number of Topliss-reactive ketones (excluding diaryl/α,β-unsaturated/α-hetero) is 1. The van der Waals surface area contributed by atoms with Crippen molar-refractivity contribution < 1.29 is 18.0 Å². The predicted molar refractivity (Wildman–Crippen MR) is 80.8 cm³/mol. The van der Waals surface area contributed by atoms with E-state index in [2.05, 4.69) is 15.5 Å². The Morgan fingerprint density at radius 3 is 2.67 bits per heavy atom. The van der Waals surface area contributed by atoms with Gasteiger partial charge in [-0.2, -0.15) is 18.3 Å². The number of rotatable bonds is 0. The minimum atomic E-state index is -4.22. The van der Waals surface area contributed by atoms with Crippen molar-refractivity contribution in [3.8, 4) is 0 Å². The van der Waals surface area contributed by atoms with Crippen molar-refractivity contribution in [2.24, 2.45) is 27.0 Å². The number of fused-ring (bicyclic) bond motifs is 2. The minimum absolute atomic E-state index is 0.0185. The third-order valence-corrected chi connectivity index (χ3v) is 5.86. The summed E-state index contributed by atoms with van der Waals surface area (Å²) in [4.78, 5) is 12.9. The van der Waals surface area contributed by atoms with E-state index in [0.29, 0.717) is 37.2 Å². The molecule has 1 spiro atoms. The highest BCUT2D eigenvalue weighted by Crippen LogP contribution is 2.61. The van der Waals surface area contributed by atoms with Crippen LogP contribution in [0.4, 0.5) is 13.2 Å². The van der Waals surface area contributed by atoms with Crippen LogP contribution in [0.5, 0.6) is 0 Å². The first kappa shape index (κ1) is 15.8. The smallest absolute Gasteiger partial charge is 0.342 e. The largest absolute Gasteiger partial charge is 0.391 e. The van der Waals surface area contributed by atoms with E-state index in [1.54, 1.807) is 0 Å². The second kappa shape index (κ2) is 4.70. The van der Waals surface area contributed by atoms with Gasteiger partial charge >= 0.3 is 6.18 Å². The predicted octanol–water partition coefficient (Wildman–Crippen LogP) is 4.26. The van der Waals surface area contributed by atoms with Gasteiger partial charge in [0.25, 0.3) is 0 Å². The fourth-order valence-electron chi connectivity index (χ4n) is 4.89. The highest BCUT2D eigenvalue weighted by atomic mass is 19.4. The van der Waals surface area contributed by atoms with Crippen LogP contribution in [0.1, 0.15) is 46.0 Å². The van der Waals surface area contributed by atoms with Crippen molar-refractivity contribution in [1.29, 1.82) is 0 Å². The van der Waals surface area contributed by atoms with E-state index in [4.69, 9.17) is 0 Å². The minimum Gasteiger partial charge on any atom is -0.342 e. The molecule has 2 aliphatic carbocycles. The quantitative estimate of drug-likeness (QED) is 0.717. The van der Waals surface area contributed by atoms with E-state index < -0.39 is 17.5 Å². The molecule has 0 bridgehead atoms. The fourth-order valence-corrected chi connectivity index (χ4v) is 4.89. The van der Waals surface area contributed by atoms with E-state index in [-0.39, 0.29) is 24.0 Å². The summed E-state index contributed by atoms with van der Waals surface area (Å²) < 4.78 is 39.9. The molecule has 0 aromatic carbocycles. The fraction of sp³-hybridized carbons (Fsp3) is 0.706. The number of halogens is 3. The molecule has 2 heterocycles. The lowest BCUT2D eigenvalue weighted by Gasteiger charge is -2.44. The third-order valence-electron chi connectivity index (χ3n) is 5.86. The van der Waals surface area contributed by atoms with Gasteiger partial charge in [-0.3, -0.25) is 4.79 Å². The lowest BCUT2D eigenvalue weighted by Crippen LogP contribution is -2.43. The molecule has 0 saturated heterocycles. The van der Waals surface area contributed by atoms with Crippen molar-refractivity contribution in [1.82, 2.24) is 5.32 Å². The zero-order valence-electron chi connectivity index (χ0n) is 13.8. The van der Waals surface area contributed by atoms with Gasteiger partial charge in [-0.15, -0.1) is 5.11 Å². The number of ketones is 1. The third kappa shape index (κ3) is 2.16. The van der Waals surface area contributed by atoms with Crippen LogP contribution in [0.2, 0.25) is 0 Å². The van der Waals surface area contributed by atoms with Crippen LogP contribution in [-0.2, 0) is 4.79 Å². The van der Waals surface area contributed by atoms with Crippen LogP contribution in [0.25, 0.3) is 0 Å². The topological polar surface area (TPSA) is 53.8 Å². The zero-order chi connectivity index (χ0) is 17.3. The molecule has 4 rings (SSSR count). The summed E-state index contributed by atoms with van der Waals surface area (Å²) in [7, 11) is 0. The first-order valence-electron chi connectivity index (χ1n) is 8.34. The molecule has 0 amide bonds. The number of hydrogen-bond acceptors (Lipinski definition) is 4. The molecule has 4 nitrogen and oxygen atoms in total. The van der Waals surface area contributed by atoms with E-state index in [0.717, 1.165) is 11.3 Å².